The van der Waals surface area contributed by atoms with Crippen molar-refractivity contribution in [3.05, 3.63) is 23.8 Å². The van der Waals surface area contributed by atoms with Gasteiger partial charge >= 0.3 is 0 Å². The molecule has 0 bridgehead atoms. The fraction of sp³-hybridized carbons (Fsp3) is 0.462. The molecule has 1 fully saturated rings. The number of sulfone groups is 1. The van der Waals surface area contributed by atoms with Crippen molar-refractivity contribution in [1.82, 2.24) is 20.3 Å². The lowest BCUT2D eigenvalue weighted by molar-refractivity contribution is 0.0941. The van der Waals surface area contributed by atoms with Gasteiger partial charge in [-0.2, -0.15) is 0 Å². The summed E-state index contributed by atoms with van der Waals surface area (Å²) in [6.45, 7) is 2.68. The number of fused-ring (bicyclic) bond motifs is 1. The van der Waals surface area contributed by atoms with Gasteiger partial charge in [0, 0.05) is 18.2 Å². The highest BCUT2D eigenvalue weighted by atomic mass is 32.2. The van der Waals surface area contributed by atoms with Crippen molar-refractivity contribution >= 4 is 26.8 Å². The number of benzene rings is 1. The van der Waals surface area contributed by atoms with Crippen LogP contribution < -0.4 is 5.32 Å². The third kappa shape index (κ3) is 2.76. The van der Waals surface area contributed by atoms with E-state index >= 15 is 0 Å². The molecule has 2 heterocycles. The van der Waals surface area contributed by atoms with Crippen LogP contribution in [0.5, 0.6) is 0 Å². The summed E-state index contributed by atoms with van der Waals surface area (Å²) in [5, 5.41) is 10.8. The van der Waals surface area contributed by atoms with E-state index in [1.54, 1.807) is 22.9 Å². The van der Waals surface area contributed by atoms with Crippen molar-refractivity contribution in [1.29, 1.82) is 0 Å². The number of aryl methyl sites for hydroxylation is 1. The summed E-state index contributed by atoms with van der Waals surface area (Å²) in [6, 6.07) is 4.88. The Kier molecular flexibility index (Phi) is 3.40. The number of aromatic nitrogens is 3. The molecule has 8 heteroatoms. The molecule has 0 spiro atoms. The molecule has 3 rings (SSSR count). The predicted octanol–water partition coefficient (Wildman–Crippen LogP) is 0.368. The molecule has 1 aliphatic heterocycles. The summed E-state index contributed by atoms with van der Waals surface area (Å²) in [6.07, 6.45) is 0.475. The molecule has 7 nitrogen and oxygen atoms in total. The Bertz CT molecular complexity index is 797. The topological polar surface area (TPSA) is 93.9 Å². The van der Waals surface area contributed by atoms with Gasteiger partial charge in [0.25, 0.3) is 5.91 Å². The average Bonchev–Trinajstić information content (AvgIpc) is 3.00. The smallest absolute Gasteiger partial charge is 0.251 e. The standard InChI is InChI=1S/C13H16N4O3S/c1-2-17-12-4-3-9(7-11(12)15-16-17)13(18)14-10-5-6-21(19,20)8-10/h3-4,7,10H,2,5-6,8H2,1H3,(H,14,18)/t10-/m0/s1. The van der Waals surface area contributed by atoms with Crippen LogP contribution >= 0.6 is 0 Å². The summed E-state index contributed by atoms with van der Waals surface area (Å²) in [4.78, 5) is 12.2. The van der Waals surface area contributed by atoms with Gasteiger partial charge in [-0.25, -0.2) is 13.1 Å². The maximum atomic E-state index is 12.2. The Morgan fingerprint density at radius 2 is 2.29 bits per heavy atom. The van der Waals surface area contributed by atoms with Crippen molar-refractivity contribution in [2.24, 2.45) is 0 Å². The number of carbonyl (C=O) groups is 1. The van der Waals surface area contributed by atoms with Gasteiger partial charge in [-0.3, -0.25) is 4.79 Å². The molecule has 1 saturated heterocycles. The highest BCUT2D eigenvalue weighted by Gasteiger charge is 2.29. The Hall–Kier alpha value is -1.96. The minimum atomic E-state index is -3.00. The summed E-state index contributed by atoms with van der Waals surface area (Å²) in [5.41, 5.74) is 2.00. The van der Waals surface area contributed by atoms with Gasteiger partial charge in [0.05, 0.1) is 17.0 Å². The van der Waals surface area contributed by atoms with E-state index in [-0.39, 0.29) is 23.5 Å². The van der Waals surface area contributed by atoms with Crippen LogP contribution in [0.2, 0.25) is 0 Å². The molecule has 112 valence electrons. The van der Waals surface area contributed by atoms with Crippen LogP contribution in [-0.2, 0) is 16.4 Å². The third-order valence-corrected chi connectivity index (χ3v) is 5.41. The van der Waals surface area contributed by atoms with E-state index < -0.39 is 9.84 Å². The normalized spacial score (nSPS) is 20.7. The second-order valence-electron chi connectivity index (χ2n) is 5.18. The van der Waals surface area contributed by atoms with Gasteiger partial charge in [-0.05, 0) is 31.5 Å². The second-order valence-corrected chi connectivity index (χ2v) is 7.41. The number of carbonyl (C=O) groups excluding carboxylic acids is 1. The van der Waals surface area contributed by atoms with E-state index in [2.05, 4.69) is 15.6 Å². The SMILES string of the molecule is CCn1nnc2cc(C(=O)N[C@H]3CCS(=O)(=O)C3)ccc21. The molecule has 0 unspecified atom stereocenters. The fourth-order valence-corrected chi connectivity index (χ4v) is 4.20. The predicted molar refractivity (Wildman–Crippen MR) is 77.7 cm³/mol. The van der Waals surface area contributed by atoms with Gasteiger partial charge < -0.3 is 5.32 Å². The molecule has 0 radical (unpaired) electrons. The summed E-state index contributed by atoms with van der Waals surface area (Å²) in [5.74, 6) is -0.112. The molecule has 21 heavy (non-hydrogen) atoms. The van der Waals surface area contributed by atoms with Gasteiger partial charge in [0.1, 0.15) is 5.52 Å². The molecule has 0 aliphatic carbocycles. The minimum absolute atomic E-state index is 0.0208. The van der Waals surface area contributed by atoms with Crippen molar-refractivity contribution in [3.63, 3.8) is 0 Å². The lowest BCUT2D eigenvalue weighted by Crippen LogP contribution is -2.35. The summed E-state index contributed by atoms with van der Waals surface area (Å²) < 4.78 is 24.5. The highest BCUT2D eigenvalue weighted by Crippen LogP contribution is 2.15. The number of nitrogens with one attached hydrogen (secondary N) is 1. The molecule has 1 aromatic heterocycles. The lowest BCUT2D eigenvalue weighted by atomic mass is 10.1. The Morgan fingerprint density at radius 1 is 1.48 bits per heavy atom. The lowest BCUT2D eigenvalue weighted by Gasteiger charge is -2.10. The zero-order valence-electron chi connectivity index (χ0n) is 11.6. The first-order chi connectivity index (χ1) is 9.98. The van der Waals surface area contributed by atoms with Crippen LogP contribution in [0.3, 0.4) is 0 Å². The van der Waals surface area contributed by atoms with E-state index in [4.69, 9.17) is 0 Å². The second kappa shape index (κ2) is 5.10. The molecule has 1 aliphatic rings. The first-order valence-electron chi connectivity index (χ1n) is 6.83. The fourth-order valence-electron chi connectivity index (χ4n) is 2.52. The van der Waals surface area contributed by atoms with Crippen molar-refractivity contribution in [3.8, 4) is 0 Å². The average molecular weight is 308 g/mol. The monoisotopic (exact) mass is 308 g/mol. The third-order valence-electron chi connectivity index (χ3n) is 3.64. The summed E-state index contributed by atoms with van der Waals surface area (Å²) >= 11 is 0. The number of hydrogen-bond acceptors (Lipinski definition) is 5. The van der Waals surface area contributed by atoms with Crippen LogP contribution in [0, 0.1) is 0 Å². The van der Waals surface area contributed by atoms with Crippen LogP contribution in [0.15, 0.2) is 18.2 Å². The largest absolute Gasteiger partial charge is 0.348 e. The van der Waals surface area contributed by atoms with Crippen molar-refractivity contribution < 1.29 is 13.2 Å². The van der Waals surface area contributed by atoms with E-state index in [0.29, 0.717) is 24.0 Å². The van der Waals surface area contributed by atoms with Crippen molar-refractivity contribution in [2.45, 2.75) is 25.9 Å². The van der Waals surface area contributed by atoms with E-state index in [1.807, 2.05) is 6.92 Å². The van der Waals surface area contributed by atoms with E-state index in [9.17, 15) is 13.2 Å². The molecule has 0 saturated carbocycles. The number of rotatable bonds is 3. The maximum Gasteiger partial charge on any atom is 0.251 e. The zero-order valence-corrected chi connectivity index (χ0v) is 12.4. The van der Waals surface area contributed by atoms with Crippen LogP contribution in [0.1, 0.15) is 23.7 Å². The molecular weight excluding hydrogens is 292 g/mol. The Morgan fingerprint density at radius 3 is 2.95 bits per heavy atom. The number of hydrogen-bond donors (Lipinski definition) is 1. The van der Waals surface area contributed by atoms with Gasteiger partial charge in [0.2, 0.25) is 0 Å². The van der Waals surface area contributed by atoms with Crippen molar-refractivity contribution in [2.75, 3.05) is 11.5 Å². The minimum Gasteiger partial charge on any atom is -0.348 e. The quantitative estimate of drug-likeness (QED) is 0.884. The van der Waals surface area contributed by atoms with Gasteiger partial charge in [0.15, 0.2) is 9.84 Å². The number of nitrogens with zero attached hydrogens (tertiary/aromatic N) is 3. The van der Waals surface area contributed by atoms with Crippen LogP contribution in [-0.4, -0.2) is 46.9 Å². The van der Waals surface area contributed by atoms with E-state index in [1.165, 1.54) is 0 Å². The first-order valence-corrected chi connectivity index (χ1v) is 8.65. The molecule has 1 aromatic carbocycles. The molecular formula is C13H16N4O3S. The molecule has 1 amide bonds. The maximum absolute atomic E-state index is 12.2. The van der Waals surface area contributed by atoms with Crippen LogP contribution in [0.4, 0.5) is 0 Å². The summed E-state index contributed by atoms with van der Waals surface area (Å²) in [7, 11) is -3.00. The number of amides is 1. The molecule has 1 atom stereocenters. The highest BCUT2D eigenvalue weighted by molar-refractivity contribution is 7.91. The zero-order chi connectivity index (χ0) is 15.0. The molecule has 2 aromatic rings. The van der Waals surface area contributed by atoms with Crippen LogP contribution in [0.25, 0.3) is 11.0 Å². The molecule has 1 N–H and O–H groups in total. The van der Waals surface area contributed by atoms with Gasteiger partial charge in [-0.1, -0.05) is 5.21 Å². The van der Waals surface area contributed by atoms with Gasteiger partial charge in [-0.15, -0.1) is 5.10 Å². The first kappa shape index (κ1) is 14.0. The Balaban J connectivity index is 1.79. The van der Waals surface area contributed by atoms with E-state index in [0.717, 1.165) is 5.52 Å². The Labute approximate surface area is 122 Å².